The molecule has 1 amide bonds. The molecular weight excluding hydrogens is 308 g/mol. The molecule has 0 radical (unpaired) electrons. The molecule has 0 aromatic heterocycles. The lowest BCUT2D eigenvalue weighted by molar-refractivity contribution is 0.0953. The quantitative estimate of drug-likeness (QED) is 0.734. The van der Waals surface area contributed by atoms with Crippen LogP contribution in [-0.2, 0) is 10.0 Å². The highest BCUT2D eigenvalue weighted by molar-refractivity contribution is 7.89. The number of hydrogen-bond donors (Lipinski definition) is 2. The van der Waals surface area contributed by atoms with Crippen LogP contribution in [0.15, 0.2) is 18.2 Å². The zero-order chi connectivity index (χ0) is 16.8. The van der Waals surface area contributed by atoms with Crippen molar-refractivity contribution in [1.82, 2.24) is 10.0 Å². The third-order valence-corrected chi connectivity index (χ3v) is 4.30. The van der Waals surface area contributed by atoms with E-state index in [1.54, 1.807) is 32.0 Å². The Kier molecular flexibility index (Phi) is 6.63. The normalized spacial score (nSPS) is 11.3. The maximum Gasteiger partial charge on any atom is 0.255 e. The van der Waals surface area contributed by atoms with Crippen molar-refractivity contribution >= 4 is 15.9 Å². The van der Waals surface area contributed by atoms with Crippen LogP contribution in [0.5, 0.6) is 11.5 Å². The largest absolute Gasteiger partial charge is 0.497 e. The molecule has 1 aromatic rings. The summed E-state index contributed by atoms with van der Waals surface area (Å²) in [5.41, 5.74) is 0.317. The van der Waals surface area contributed by atoms with E-state index in [2.05, 4.69) is 10.0 Å². The van der Waals surface area contributed by atoms with Crippen LogP contribution in [0.2, 0.25) is 0 Å². The third-order valence-electron chi connectivity index (χ3n) is 2.72. The van der Waals surface area contributed by atoms with Gasteiger partial charge in [-0.1, -0.05) is 0 Å². The second-order valence-electron chi connectivity index (χ2n) is 4.91. The van der Waals surface area contributed by atoms with Gasteiger partial charge in [0.1, 0.15) is 11.5 Å². The lowest BCUT2D eigenvalue weighted by Crippen LogP contribution is -2.37. The molecule has 0 aliphatic rings. The number of ether oxygens (including phenoxy) is 2. The van der Waals surface area contributed by atoms with Gasteiger partial charge >= 0.3 is 0 Å². The first-order valence-electron chi connectivity index (χ1n) is 6.79. The topological polar surface area (TPSA) is 93.7 Å². The van der Waals surface area contributed by atoms with Crippen molar-refractivity contribution in [2.75, 3.05) is 26.5 Å². The Hall–Kier alpha value is -1.80. The molecule has 0 aliphatic heterocycles. The number of carbonyl (C=O) groups is 1. The van der Waals surface area contributed by atoms with E-state index < -0.39 is 15.9 Å². The molecule has 0 aliphatic carbocycles. The second kappa shape index (κ2) is 8.00. The molecule has 1 aromatic carbocycles. The van der Waals surface area contributed by atoms with Crippen LogP contribution in [0, 0.1) is 0 Å². The van der Waals surface area contributed by atoms with Gasteiger partial charge in [-0.15, -0.1) is 0 Å². The molecular formula is C14H22N2O5S. The van der Waals surface area contributed by atoms with Crippen molar-refractivity contribution < 1.29 is 22.7 Å². The molecule has 0 saturated heterocycles. The molecule has 0 bridgehead atoms. The summed E-state index contributed by atoms with van der Waals surface area (Å²) in [5.74, 6) is 0.339. The van der Waals surface area contributed by atoms with E-state index in [1.807, 2.05) is 0 Å². The van der Waals surface area contributed by atoms with Crippen LogP contribution >= 0.6 is 0 Å². The van der Waals surface area contributed by atoms with Gasteiger partial charge in [-0.2, -0.15) is 0 Å². The van der Waals surface area contributed by atoms with Gasteiger partial charge in [0.05, 0.1) is 25.5 Å². The van der Waals surface area contributed by atoms with E-state index in [1.165, 1.54) is 14.2 Å². The molecule has 0 fully saturated rings. The van der Waals surface area contributed by atoms with Gasteiger partial charge in [0, 0.05) is 18.7 Å². The van der Waals surface area contributed by atoms with Gasteiger partial charge in [-0.25, -0.2) is 13.1 Å². The monoisotopic (exact) mass is 330 g/mol. The van der Waals surface area contributed by atoms with Gasteiger partial charge in [-0.3, -0.25) is 4.79 Å². The van der Waals surface area contributed by atoms with E-state index in [9.17, 15) is 13.2 Å². The summed E-state index contributed by atoms with van der Waals surface area (Å²) in [6.07, 6.45) is 0. The lowest BCUT2D eigenvalue weighted by Gasteiger charge is -2.12. The van der Waals surface area contributed by atoms with Gasteiger partial charge in [-0.05, 0) is 26.0 Å². The number of nitrogens with one attached hydrogen (secondary N) is 2. The molecule has 124 valence electrons. The average Bonchev–Trinajstić information content (AvgIpc) is 2.44. The highest BCUT2D eigenvalue weighted by atomic mass is 32.2. The fourth-order valence-electron chi connectivity index (χ4n) is 1.80. The van der Waals surface area contributed by atoms with E-state index >= 15 is 0 Å². The molecule has 2 N–H and O–H groups in total. The van der Waals surface area contributed by atoms with Crippen molar-refractivity contribution in [3.63, 3.8) is 0 Å². The molecule has 0 heterocycles. The van der Waals surface area contributed by atoms with Crippen LogP contribution in [0.3, 0.4) is 0 Å². The zero-order valence-electron chi connectivity index (χ0n) is 13.2. The SMILES string of the molecule is COc1ccc(C(=O)NCCS(=O)(=O)NC(C)C)c(OC)c1. The van der Waals surface area contributed by atoms with E-state index in [4.69, 9.17) is 9.47 Å². The molecule has 0 atom stereocenters. The highest BCUT2D eigenvalue weighted by Gasteiger charge is 2.15. The predicted molar refractivity (Wildman–Crippen MR) is 83.9 cm³/mol. The first kappa shape index (κ1) is 18.2. The molecule has 0 saturated carbocycles. The maximum absolute atomic E-state index is 12.1. The van der Waals surface area contributed by atoms with Gasteiger partial charge in [0.15, 0.2) is 0 Å². The van der Waals surface area contributed by atoms with Crippen LogP contribution in [0.1, 0.15) is 24.2 Å². The minimum atomic E-state index is -3.40. The second-order valence-corrected chi connectivity index (χ2v) is 6.79. The Bertz CT molecular complexity index is 614. The number of amides is 1. The summed E-state index contributed by atoms with van der Waals surface area (Å²) >= 11 is 0. The first-order chi connectivity index (χ1) is 10.3. The standard InChI is InChI=1S/C14H22N2O5S/c1-10(2)16-22(18,19)8-7-15-14(17)12-6-5-11(20-3)9-13(12)21-4/h5-6,9-10,16H,7-8H2,1-4H3,(H,15,17). The number of hydrogen-bond acceptors (Lipinski definition) is 5. The summed E-state index contributed by atoms with van der Waals surface area (Å²) in [4.78, 5) is 12.1. The Morgan fingerprint density at radius 2 is 1.91 bits per heavy atom. The molecule has 8 heteroatoms. The molecule has 7 nitrogen and oxygen atoms in total. The maximum atomic E-state index is 12.1. The lowest BCUT2D eigenvalue weighted by atomic mass is 10.2. The summed E-state index contributed by atoms with van der Waals surface area (Å²) in [6.45, 7) is 3.48. The molecule has 1 rings (SSSR count). The fourth-order valence-corrected chi connectivity index (χ4v) is 3.01. The summed E-state index contributed by atoms with van der Waals surface area (Å²) in [5, 5.41) is 2.56. The number of sulfonamides is 1. The van der Waals surface area contributed by atoms with E-state index in [-0.39, 0.29) is 18.3 Å². The summed E-state index contributed by atoms with van der Waals surface area (Å²) < 4.78 is 36.0. The Balaban J connectivity index is 2.67. The summed E-state index contributed by atoms with van der Waals surface area (Å²) in [7, 11) is -0.439. The first-order valence-corrected chi connectivity index (χ1v) is 8.44. The van der Waals surface area contributed by atoms with Crippen molar-refractivity contribution in [3.05, 3.63) is 23.8 Å². The van der Waals surface area contributed by atoms with Gasteiger partial charge < -0.3 is 14.8 Å². The van der Waals surface area contributed by atoms with Crippen molar-refractivity contribution in [2.45, 2.75) is 19.9 Å². The minimum absolute atomic E-state index is 0.00999. The van der Waals surface area contributed by atoms with Crippen LogP contribution in [0.4, 0.5) is 0 Å². The predicted octanol–water partition coefficient (Wildman–Crippen LogP) is 0.761. The average molecular weight is 330 g/mol. The minimum Gasteiger partial charge on any atom is -0.497 e. The Morgan fingerprint density at radius 3 is 2.45 bits per heavy atom. The van der Waals surface area contributed by atoms with Crippen molar-refractivity contribution in [1.29, 1.82) is 0 Å². The Morgan fingerprint density at radius 1 is 1.23 bits per heavy atom. The molecule has 22 heavy (non-hydrogen) atoms. The molecule has 0 unspecified atom stereocenters. The number of methoxy groups -OCH3 is 2. The van der Waals surface area contributed by atoms with Crippen LogP contribution in [-0.4, -0.2) is 46.9 Å². The zero-order valence-corrected chi connectivity index (χ0v) is 14.0. The van der Waals surface area contributed by atoms with Crippen molar-refractivity contribution in [2.24, 2.45) is 0 Å². The highest BCUT2D eigenvalue weighted by Crippen LogP contribution is 2.24. The van der Waals surface area contributed by atoms with E-state index in [0.29, 0.717) is 17.1 Å². The number of benzene rings is 1. The van der Waals surface area contributed by atoms with Crippen LogP contribution in [0.25, 0.3) is 0 Å². The number of rotatable bonds is 8. The molecule has 0 spiro atoms. The Labute approximate surface area is 131 Å². The summed E-state index contributed by atoms with van der Waals surface area (Å²) in [6, 6.07) is 4.61. The van der Waals surface area contributed by atoms with Crippen LogP contribution < -0.4 is 19.5 Å². The number of carbonyl (C=O) groups excluding carboxylic acids is 1. The van der Waals surface area contributed by atoms with Gasteiger partial charge in [0.25, 0.3) is 5.91 Å². The third kappa shape index (κ3) is 5.53. The smallest absolute Gasteiger partial charge is 0.255 e. The van der Waals surface area contributed by atoms with Gasteiger partial charge in [0.2, 0.25) is 10.0 Å². The van der Waals surface area contributed by atoms with Crippen molar-refractivity contribution in [3.8, 4) is 11.5 Å². The fraction of sp³-hybridized carbons (Fsp3) is 0.500. The van der Waals surface area contributed by atoms with E-state index in [0.717, 1.165) is 0 Å².